The van der Waals surface area contributed by atoms with E-state index in [4.69, 9.17) is 4.74 Å². The molecule has 0 aliphatic carbocycles. The molecule has 1 aliphatic heterocycles. The molecular formula is C9H20ClNO. The second kappa shape index (κ2) is 4.45. The molecular weight excluding hydrogens is 174 g/mol. The van der Waals surface area contributed by atoms with E-state index in [1.165, 1.54) is 0 Å². The van der Waals surface area contributed by atoms with Crippen molar-refractivity contribution in [1.29, 1.82) is 0 Å². The molecule has 1 fully saturated rings. The standard InChI is InChI=1S/C9H19NO.ClH/c1-7(2)9(4)6-10-5-8(3)11-9;/h7-8,10H,5-6H2,1-4H3;1H. The Kier molecular flexibility index (Phi) is 4.53. The molecule has 0 spiro atoms. The van der Waals surface area contributed by atoms with E-state index in [2.05, 4.69) is 33.0 Å². The number of hydrogen-bond donors (Lipinski definition) is 1. The van der Waals surface area contributed by atoms with Crippen LogP contribution in [0.25, 0.3) is 0 Å². The van der Waals surface area contributed by atoms with Crippen molar-refractivity contribution in [3.05, 3.63) is 0 Å². The van der Waals surface area contributed by atoms with Gasteiger partial charge in [-0.15, -0.1) is 0 Å². The summed E-state index contributed by atoms with van der Waals surface area (Å²) in [6.07, 6.45) is 0.413. The smallest absolute Gasteiger partial charge is 0.117 e. The van der Waals surface area contributed by atoms with Crippen molar-refractivity contribution >= 4 is 0 Å². The third-order valence-corrected chi connectivity index (χ3v) is 2.74. The Hall–Kier alpha value is 0.210. The van der Waals surface area contributed by atoms with Crippen molar-refractivity contribution in [3.8, 4) is 0 Å². The van der Waals surface area contributed by atoms with Crippen LogP contribution in [0.15, 0.2) is 0 Å². The van der Waals surface area contributed by atoms with E-state index in [0.29, 0.717) is 12.0 Å². The van der Waals surface area contributed by atoms with Crippen molar-refractivity contribution in [1.82, 2.24) is 0 Å². The van der Waals surface area contributed by atoms with E-state index in [0.717, 1.165) is 13.1 Å². The minimum absolute atomic E-state index is 0. The van der Waals surface area contributed by atoms with Gasteiger partial charge in [0.25, 0.3) is 0 Å². The molecule has 0 saturated carbocycles. The van der Waals surface area contributed by atoms with Crippen LogP contribution in [0, 0.1) is 5.92 Å². The lowest BCUT2D eigenvalue weighted by atomic mass is 9.90. The molecule has 2 atom stereocenters. The predicted octanol–water partition coefficient (Wildman–Crippen LogP) is -2.61. The molecule has 3 heteroatoms. The molecule has 0 aromatic heterocycles. The van der Waals surface area contributed by atoms with Crippen molar-refractivity contribution in [3.63, 3.8) is 0 Å². The zero-order chi connectivity index (χ0) is 8.48. The van der Waals surface area contributed by atoms with Crippen molar-refractivity contribution in [2.75, 3.05) is 13.1 Å². The Morgan fingerprint density at radius 1 is 1.50 bits per heavy atom. The topological polar surface area (TPSA) is 25.8 Å². The van der Waals surface area contributed by atoms with Gasteiger partial charge >= 0.3 is 0 Å². The number of rotatable bonds is 1. The zero-order valence-electron chi connectivity index (χ0n) is 8.43. The van der Waals surface area contributed by atoms with Gasteiger partial charge in [-0.25, -0.2) is 0 Å². The maximum absolute atomic E-state index is 5.90. The molecule has 2 nitrogen and oxygen atoms in total. The Balaban J connectivity index is 0.00000121. The average Bonchev–Trinajstić information content (AvgIpc) is 1.86. The summed E-state index contributed by atoms with van der Waals surface area (Å²) in [4.78, 5) is 0. The summed E-state index contributed by atoms with van der Waals surface area (Å²) in [6.45, 7) is 11.0. The van der Waals surface area contributed by atoms with Crippen LogP contribution < -0.4 is 17.7 Å². The van der Waals surface area contributed by atoms with Crippen molar-refractivity contribution in [2.24, 2.45) is 5.92 Å². The molecule has 2 unspecified atom stereocenters. The quantitative estimate of drug-likeness (QED) is 0.485. The molecule has 1 aliphatic rings. The monoisotopic (exact) mass is 193 g/mol. The Morgan fingerprint density at radius 2 is 2.08 bits per heavy atom. The van der Waals surface area contributed by atoms with Gasteiger partial charge in [-0.3, -0.25) is 0 Å². The summed E-state index contributed by atoms with van der Waals surface area (Å²) < 4.78 is 5.90. The highest BCUT2D eigenvalue weighted by atomic mass is 35.5. The maximum atomic E-state index is 5.90. The Morgan fingerprint density at radius 3 is 2.42 bits per heavy atom. The van der Waals surface area contributed by atoms with Gasteiger partial charge in [-0.1, -0.05) is 13.8 Å². The lowest BCUT2D eigenvalue weighted by Gasteiger charge is -2.38. The molecule has 74 valence electrons. The molecule has 12 heavy (non-hydrogen) atoms. The average molecular weight is 194 g/mol. The normalized spacial score (nSPS) is 36.2. The molecule has 0 radical (unpaired) electrons. The molecule has 0 aromatic carbocycles. The molecule has 1 heterocycles. The first-order valence-electron chi connectivity index (χ1n) is 4.54. The molecule has 0 aromatic rings. The minimum Gasteiger partial charge on any atom is -1.00 e. The Labute approximate surface area is 81.5 Å². The van der Waals surface area contributed by atoms with E-state index >= 15 is 0 Å². The van der Waals surface area contributed by atoms with Gasteiger partial charge in [0.2, 0.25) is 0 Å². The van der Waals surface area contributed by atoms with Gasteiger partial charge in [0.15, 0.2) is 0 Å². The van der Waals surface area contributed by atoms with E-state index < -0.39 is 0 Å². The summed E-state index contributed by atoms with van der Waals surface area (Å²) in [7, 11) is 0. The van der Waals surface area contributed by atoms with Crippen LogP contribution in [-0.4, -0.2) is 24.8 Å². The van der Waals surface area contributed by atoms with Crippen LogP contribution in [-0.2, 0) is 4.74 Å². The van der Waals surface area contributed by atoms with Crippen LogP contribution >= 0.6 is 0 Å². The molecule has 1 saturated heterocycles. The lowest BCUT2D eigenvalue weighted by molar-refractivity contribution is -0.693. The van der Waals surface area contributed by atoms with E-state index in [1.807, 2.05) is 0 Å². The van der Waals surface area contributed by atoms with Gasteiger partial charge in [0.1, 0.15) is 24.8 Å². The second-order valence-electron chi connectivity index (χ2n) is 4.12. The summed E-state index contributed by atoms with van der Waals surface area (Å²) >= 11 is 0. The fraction of sp³-hybridized carbons (Fsp3) is 1.00. The summed E-state index contributed by atoms with van der Waals surface area (Å²) in [5.74, 6) is 0.612. The highest BCUT2D eigenvalue weighted by Gasteiger charge is 2.36. The lowest BCUT2D eigenvalue weighted by Crippen LogP contribution is -3.00. The van der Waals surface area contributed by atoms with Gasteiger partial charge in [-0.2, -0.15) is 0 Å². The SMILES string of the molecule is CC1C[NH2+]CC(C)(C(C)C)O1.[Cl-]. The molecule has 0 bridgehead atoms. The van der Waals surface area contributed by atoms with Gasteiger partial charge in [0.05, 0.1) is 0 Å². The first kappa shape index (κ1) is 12.2. The zero-order valence-corrected chi connectivity index (χ0v) is 9.19. The highest BCUT2D eigenvalue weighted by molar-refractivity contribution is 4.80. The Bertz CT molecular complexity index is 140. The van der Waals surface area contributed by atoms with E-state index in [-0.39, 0.29) is 18.0 Å². The van der Waals surface area contributed by atoms with Crippen LogP contribution in [0.4, 0.5) is 0 Å². The van der Waals surface area contributed by atoms with Crippen molar-refractivity contribution < 1.29 is 22.5 Å². The second-order valence-corrected chi connectivity index (χ2v) is 4.12. The molecule has 1 rings (SSSR count). The van der Waals surface area contributed by atoms with Crippen LogP contribution in [0.5, 0.6) is 0 Å². The fourth-order valence-corrected chi connectivity index (χ4v) is 1.53. The number of hydrogen-bond acceptors (Lipinski definition) is 1. The first-order valence-corrected chi connectivity index (χ1v) is 4.54. The fourth-order valence-electron chi connectivity index (χ4n) is 1.53. The third-order valence-electron chi connectivity index (χ3n) is 2.74. The minimum atomic E-state index is 0. The summed E-state index contributed by atoms with van der Waals surface area (Å²) in [5.41, 5.74) is 0.0949. The summed E-state index contributed by atoms with van der Waals surface area (Å²) in [5, 5.41) is 2.36. The third kappa shape index (κ3) is 2.61. The van der Waals surface area contributed by atoms with Gasteiger partial charge in [0, 0.05) is 0 Å². The number of ether oxygens (including phenoxy) is 1. The number of halogens is 1. The predicted molar refractivity (Wildman–Crippen MR) is 45.4 cm³/mol. The van der Waals surface area contributed by atoms with E-state index in [1.54, 1.807) is 0 Å². The van der Waals surface area contributed by atoms with Gasteiger partial charge in [-0.05, 0) is 19.8 Å². The molecule has 0 amide bonds. The number of nitrogens with two attached hydrogens (primary N) is 1. The number of morpholine rings is 1. The van der Waals surface area contributed by atoms with Crippen LogP contribution in [0.1, 0.15) is 27.7 Å². The number of quaternary nitrogens is 1. The molecule has 2 N–H and O–H groups in total. The van der Waals surface area contributed by atoms with Crippen LogP contribution in [0.2, 0.25) is 0 Å². The van der Waals surface area contributed by atoms with E-state index in [9.17, 15) is 0 Å². The largest absolute Gasteiger partial charge is 1.00 e. The highest BCUT2D eigenvalue weighted by Crippen LogP contribution is 2.22. The van der Waals surface area contributed by atoms with Crippen molar-refractivity contribution in [2.45, 2.75) is 39.4 Å². The maximum Gasteiger partial charge on any atom is 0.117 e. The van der Waals surface area contributed by atoms with Gasteiger partial charge < -0.3 is 22.5 Å². The summed E-state index contributed by atoms with van der Waals surface area (Å²) in [6, 6.07) is 0. The van der Waals surface area contributed by atoms with Crippen LogP contribution in [0.3, 0.4) is 0 Å². The first-order chi connectivity index (χ1) is 5.04.